The molecule has 0 spiro atoms. The lowest BCUT2D eigenvalue weighted by Gasteiger charge is -2.02. The number of nitro groups is 1. The average Bonchev–Trinajstić information content (AvgIpc) is 2.94. The van der Waals surface area contributed by atoms with Crippen LogP contribution < -0.4 is 0 Å². The third-order valence-electron chi connectivity index (χ3n) is 3.08. The van der Waals surface area contributed by atoms with Crippen LogP contribution in [0.1, 0.15) is 5.56 Å². The zero-order valence-corrected chi connectivity index (χ0v) is 12.6. The number of aromatic amines is 1. The van der Waals surface area contributed by atoms with Crippen molar-refractivity contribution in [3.05, 3.63) is 75.0 Å². The van der Waals surface area contributed by atoms with Gasteiger partial charge in [-0.05, 0) is 29.9 Å². The first-order chi connectivity index (χ1) is 11.1. The first kappa shape index (κ1) is 14.8. The monoisotopic (exact) mass is 325 g/mol. The highest BCUT2D eigenvalue weighted by atomic mass is 32.1. The molecule has 0 fully saturated rings. The van der Waals surface area contributed by atoms with Crippen LogP contribution in [0.5, 0.6) is 0 Å². The second-order valence-corrected chi connectivity index (χ2v) is 5.00. The molecule has 3 aromatic rings. The van der Waals surface area contributed by atoms with E-state index in [0.717, 1.165) is 5.69 Å². The van der Waals surface area contributed by atoms with Gasteiger partial charge in [-0.3, -0.25) is 14.7 Å². The summed E-state index contributed by atoms with van der Waals surface area (Å²) in [5, 5.41) is 17.6. The minimum atomic E-state index is -0.447. The molecule has 7 nitrogen and oxygen atoms in total. The first-order valence-corrected chi connectivity index (χ1v) is 7.07. The Morgan fingerprint density at radius 1 is 1.22 bits per heavy atom. The van der Waals surface area contributed by atoms with Crippen LogP contribution in [-0.4, -0.2) is 25.9 Å². The summed E-state index contributed by atoms with van der Waals surface area (Å²) in [5.74, 6) is 0.368. The van der Waals surface area contributed by atoms with Gasteiger partial charge in [-0.1, -0.05) is 30.3 Å². The second-order valence-electron chi connectivity index (χ2n) is 4.61. The summed E-state index contributed by atoms with van der Waals surface area (Å²) in [4.78, 5) is 14.6. The molecule has 0 saturated heterocycles. The van der Waals surface area contributed by atoms with E-state index in [-0.39, 0.29) is 5.69 Å². The van der Waals surface area contributed by atoms with E-state index in [1.54, 1.807) is 16.7 Å². The predicted octanol–water partition coefficient (Wildman–Crippen LogP) is 3.59. The van der Waals surface area contributed by atoms with Gasteiger partial charge in [0.15, 0.2) is 0 Å². The van der Waals surface area contributed by atoms with Gasteiger partial charge in [-0.25, -0.2) is 10.1 Å². The third-order valence-corrected chi connectivity index (χ3v) is 3.35. The summed E-state index contributed by atoms with van der Waals surface area (Å²) in [6.45, 7) is 0. The quantitative estimate of drug-likeness (QED) is 0.343. The van der Waals surface area contributed by atoms with Gasteiger partial charge in [-0.2, -0.15) is 0 Å². The number of hydrogen-bond donors (Lipinski definition) is 1. The molecule has 1 heterocycles. The topological polar surface area (TPSA) is 89.1 Å². The number of aromatic nitrogens is 3. The molecule has 0 atom stereocenters. The summed E-state index contributed by atoms with van der Waals surface area (Å²) in [6, 6.07) is 15.7. The van der Waals surface area contributed by atoms with Gasteiger partial charge in [0, 0.05) is 18.3 Å². The van der Waals surface area contributed by atoms with Crippen molar-refractivity contribution >= 4 is 30.1 Å². The number of aliphatic imine (C=N–C) groups is 1. The van der Waals surface area contributed by atoms with Gasteiger partial charge in [0.2, 0.25) is 4.77 Å². The van der Waals surface area contributed by atoms with Crippen molar-refractivity contribution in [2.75, 3.05) is 0 Å². The number of benzene rings is 2. The third kappa shape index (κ3) is 3.22. The van der Waals surface area contributed by atoms with E-state index >= 15 is 0 Å². The summed E-state index contributed by atoms with van der Waals surface area (Å²) in [5.41, 5.74) is 1.45. The Balaban J connectivity index is 1.97. The largest absolute Gasteiger partial charge is 0.270 e. The fourth-order valence-corrected chi connectivity index (χ4v) is 2.27. The van der Waals surface area contributed by atoms with Crippen molar-refractivity contribution < 1.29 is 4.92 Å². The number of rotatable bonds is 4. The first-order valence-electron chi connectivity index (χ1n) is 6.66. The highest BCUT2D eigenvalue weighted by Crippen LogP contribution is 2.17. The van der Waals surface area contributed by atoms with Gasteiger partial charge < -0.3 is 0 Å². The fraction of sp³-hybridized carbons (Fsp3) is 0. The van der Waals surface area contributed by atoms with Crippen LogP contribution in [0.2, 0.25) is 0 Å². The highest BCUT2D eigenvalue weighted by molar-refractivity contribution is 7.71. The van der Waals surface area contributed by atoms with Crippen LogP contribution in [0, 0.1) is 14.9 Å². The van der Waals surface area contributed by atoms with Crippen molar-refractivity contribution in [1.29, 1.82) is 0 Å². The average molecular weight is 325 g/mol. The van der Waals surface area contributed by atoms with E-state index in [0.29, 0.717) is 16.3 Å². The Morgan fingerprint density at radius 3 is 2.74 bits per heavy atom. The summed E-state index contributed by atoms with van der Waals surface area (Å²) in [7, 11) is 0. The Labute approximate surface area is 136 Å². The van der Waals surface area contributed by atoms with Crippen LogP contribution >= 0.6 is 12.2 Å². The summed E-state index contributed by atoms with van der Waals surface area (Å²) < 4.78 is 2.10. The number of nitro benzene ring substituents is 1. The Kier molecular flexibility index (Phi) is 4.07. The summed E-state index contributed by atoms with van der Waals surface area (Å²) in [6.07, 6.45) is 1.51. The molecule has 0 radical (unpaired) electrons. The van der Waals surface area contributed by atoms with Crippen molar-refractivity contribution in [3.8, 4) is 5.69 Å². The molecule has 0 amide bonds. The second kappa shape index (κ2) is 6.32. The van der Waals surface area contributed by atoms with Crippen molar-refractivity contribution in [3.63, 3.8) is 0 Å². The van der Waals surface area contributed by atoms with Crippen LogP contribution in [0.4, 0.5) is 11.6 Å². The zero-order chi connectivity index (χ0) is 16.2. The maximum Gasteiger partial charge on any atom is 0.270 e. The van der Waals surface area contributed by atoms with Crippen molar-refractivity contribution in [2.45, 2.75) is 0 Å². The summed E-state index contributed by atoms with van der Waals surface area (Å²) >= 11 is 5.22. The number of nitrogens with one attached hydrogen (secondary N) is 1. The molecule has 2 aromatic carbocycles. The van der Waals surface area contributed by atoms with Gasteiger partial charge in [-0.15, -0.1) is 5.10 Å². The molecule has 23 heavy (non-hydrogen) atoms. The van der Waals surface area contributed by atoms with E-state index in [4.69, 9.17) is 12.2 Å². The molecule has 0 unspecified atom stereocenters. The smallest absolute Gasteiger partial charge is 0.258 e. The van der Waals surface area contributed by atoms with Crippen LogP contribution in [-0.2, 0) is 0 Å². The van der Waals surface area contributed by atoms with E-state index in [1.165, 1.54) is 18.3 Å². The normalized spacial score (nSPS) is 11.0. The Hall–Kier alpha value is -3.13. The zero-order valence-electron chi connectivity index (χ0n) is 11.8. The Bertz CT molecular complexity index is 930. The van der Waals surface area contributed by atoms with E-state index in [2.05, 4.69) is 15.2 Å². The molecule has 1 N–H and O–H groups in total. The standard InChI is InChI=1S/C15H11N5O2S/c21-20(22)13-8-4-5-11(9-13)10-16-14-17-18-15(23)19(14)12-6-2-1-3-7-12/h1-10H,(H,18,23)/b16-10+. The van der Waals surface area contributed by atoms with E-state index in [9.17, 15) is 10.1 Å². The number of non-ortho nitro benzene ring substituents is 1. The molecule has 1 aromatic heterocycles. The lowest BCUT2D eigenvalue weighted by Crippen LogP contribution is -1.94. The van der Waals surface area contributed by atoms with Gasteiger partial charge in [0.25, 0.3) is 11.6 Å². The molecular weight excluding hydrogens is 314 g/mol. The SMILES string of the molecule is O=[N+]([O-])c1cccc(/C=N/c2n[nH]c(=S)n2-c2ccccc2)c1. The Morgan fingerprint density at radius 2 is 2.00 bits per heavy atom. The molecule has 0 bridgehead atoms. The van der Waals surface area contributed by atoms with Gasteiger partial charge in [0.05, 0.1) is 10.6 Å². The minimum Gasteiger partial charge on any atom is -0.258 e. The number of hydrogen-bond acceptors (Lipinski definition) is 5. The van der Waals surface area contributed by atoms with Gasteiger partial charge >= 0.3 is 0 Å². The van der Waals surface area contributed by atoms with Crippen LogP contribution in [0.15, 0.2) is 59.6 Å². The van der Waals surface area contributed by atoms with Crippen LogP contribution in [0.25, 0.3) is 5.69 Å². The maximum absolute atomic E-state index is 10.8. The van der Waals surface area contributed by atoms with Crippen LogP contribution in [0.3, 0.4) is 0 Å². The lowest BCUT2D eigenvalue weighted by molar-refractivity contribution is -0.384. The lowest BCUT2D eigenvalue weighted by atomic mass is 10.2. The van der Waals surface area contributed by atoms with Crippen molar-refractivity contribution in [1.82, 2.24) is 14.8 Å². The van der Waals surface area contributed by atoms with Gasteiger partial charge in [0.1, 0.15) is 0 Å². The van der Waals surface area contributed by atoms with E-state index in [1.807, 2.05) is 30.3 Å². The molecule has 0 aliphatic rings. The molecular formula is C15H11N5O2S. The molecule has 3 rings (SSSR count). The molecule has 114 valence electrons. The molecule has 0 saturated carbocycles. The fourth-order valence-electron chi connectivity index (χ4n) is 2.04. The molecule has 8 heteroatoms. The number of nitrogens with zero attached hydrogens (tertiary/aromatic N) is 4. The van der Waals surface area contributed by atoms with Crippen molar-refractivity contribution in [2.24, 2.45) is 4.99 Å². The van der Waals surface area contributed by atoms with E-state index < -0.39 is 4.92 Å². The predicted molar refractivity (Wildman–Crippen MR) is 89.1 cm³/mol. The molecule has 0 aliphatic carbocycles. The number of H-pyrrole nitrogens is 1. The number of para-hydroxylation sites is 1. The maximum atomic E-state index is 10.8. The minimum absolute atomic E-state index is 0.0101. The highest BCUT2D eigenvalue weighted by Gasteiger charge is 2.07. The molecule has 0 aliphatic heterocycles.